The number of aliphatic carboxylic acids is 1. The normalized spacial score (nSPS) is 12.2. The van der Waals surface area contributed by atoms with Crippen LogP contribution in [-0.2, 0) is 11.2 Å². The molecule has 0 bridgehead atoms. The molecule has 0 heterocycles. The molecule has 0 radical (unpaired) electrons. The van der Waals surface area contributed by atoms with Gasteiger partial charge in [0.15, 0.2) is 0 Å². The van der Waals surface area contributed by atoms with Gasteiger partial charge < -0.3 is 14.7 Å². The van der Waals surface area contributed by atoms with Gasteiger partial charge in [0, 0.05) is 11.6 Å². The SMILES string of the molecule is CN(C)CCOc1ccc(Cl)cc1CC(C(=O)O)c1ccccc1. The highest BCUT2D eigenvalue weighted by atomic mass is 35.5. The minimum atomic E-state index is -0.861. The number of hydrogen-bond donors (Lipinski definition) is 1. The molecule has 0 saturated carbocycles. The van der Waals surface area contributed by atoms with E-state index in [0.717, 1.165) is 17.7 Å². The number of carbonyl (C=O) groups is 1. The first-order chi connectivity index (χ1) is 11.5. The second kappa shape index (κ2) is 8.71. The Bertz CT molecular complexity index is 674. The van der Waals surface area contributed by atoms with Crippen molar-refractivity contribution in [2.45, 2.75) is 12.3 Å². The Kier molecular flexibility index (Phi) is 6.64. The highest BCUT2D eigenvalue weighted by molar-refractivity contribution is 6.30. The summed E-state index contributed by atoms with van der Waals surface area (Å²) in [5.74, 6) is -0.815. The molecule has 0 fully saturated rings. The zero-order valence-electron chi connectivity index (χ0n) is 13.9. The Balaban J connectivity index is 2.22. The number of halogens is 1. The minimum Gasteiger partial charge on any atom is -0.492 e. The van der Waals surface area contributed by atoms with Crippen LogP contribution in [0.15, 0.2) is 48.5 Å². The number of benzene rings is 2. The number of carboxylic acids is 1. The smallest absolute Gasteiger partial charge is 0.311 e. The fraction of sp³-hybridized carbons (Fsp3) is 0.316. The molecule has 0 aliphatic carbocycles. The predicted molar refractivity (Wildman–Crippen MR) is 96.0 cm³/mol. The molecule has 0 aliphatic heterocycles. The predicted octanol–water partition coefficient (Wildman–Crippen LogP) is 3.69. The highest BCUT2D eigenvalue weighted by Crippen LogP contribution is 2.29. The van der Waals surface area contributed by atoms with Gasteiger partial charge in [0.1, 0.15) is 12.4 Å². The van der Waals surface area contributed by atoms with Crippen molar-refractivity contribution in [2.24, 2.45) is 0 Å². The summed E-state index contributed by atoms with van der Waals surface area (Å²) in [6, 6.07) is 14.6. The number of carboxylic acid groups (broad SMARTS) is 1. The van der Waals surface area contributed by atoms with Gasteiger partial charge in [-0.15, -0.1) is 0 Å². The summed E-state index contributed by atoms with van der Waals surface area (Å²) in [4.78, 5) is 13.8. The second-order valence-electron chi connectivity index (χ2n) is 5.91. The Morgan fingerprint density at radius 1 is 1.21 bits per heavy atom. The number of hydrogen-bond acceptors (Lipinski definition) is 3. The zero-order chi connectivity index (χ0) is 17.5. The van der Waals surface area contributed by atoms with Crippen LogP contribution < -0.4 is 4.74 Å². The van der Waals surface area contributed by atoms with Crippen molar-refractivity contribution < 1.29 is 14.6 Å². The second-order valence-corrected chi connectivity index (χ2v) is 6.35. The molecule has 2 aromatic rings. The highest BCUT2D eigenvalue weighted by Gasteiger charge is 2.22. The maximum atomic E-state index is 11.7. The van der Waals surface area contributed by atoms with Crippen molar-refractivity contribution in [2.75, 3.05) is 27.2 Å². The molecule has 0 aromatic heterocycles. The van der Waals surface area contributed by atoms with Crippen molar-refractivity contribution in [3.05, 3.63) is 64.7 Å². The summed E-state index contributed by atoms with van der Waals surface area (Å²) >= 11 is 6.10. The average molecular weight is 348 g/mol. The van der Waals surface area contributed by atoms with Gasteiger partial charge in [0.05, 0.1) is 5.92 Å². The monoisotopic (exact) mass is 347 g/mol. The van der Waals surface area contributed by atoms with E-state index in [0.29, 0.717) is 23.8 Å². The van der Waals surface area contributed by atoms with Crippen LogP contribution in [0.5, 0.6) is 5.75 Å². The minimum absolute atomic E-state index is 0.331. The summed E-state index contributed by atoms with van der Waals surface area (Å²) in [5.41, 5.74) is 1.57. The van der Waals surface area contributed by atoms with E-state index in [4.69, 9.17) is 16.3 Å². The van der Waals surface area contributed by atoms with Gasteiger partial charge >= 0.3 is 5.97 Å². The fourth-order valence-corrected chi connectivity index (χ4v) is 2.63. The first-order valence-electron chi connectivity index (χ1n) is 7.81. The average Bonchev–Trinajstić information content (AvgIpc) is 2.54. The third-order valence-electron chi connectivity index (χ3n) is 3.74. The molecule has 0 saturated heterocycles. The van der Waals surface area contributed by atoms with E-state index >= 15 is 0 Å². The third kappa shape index (κ3) is 5.25. The fourth-order valence-electron chi connectivity index (χ4n) is 2.44. The van der Waals surface area contributed by atoms with Crippen LogP contribution in [0.2, 0.25) is 5.02 Å². The lowest BCUT2D eigenvalue weighted by molar-refractivity contribution is -0.138. The molecule has 1 N–H and O–H groups in total. The topological polar surface area (TPSA) is 49.8 Å². The first-order valence-corrected chi connectivity index (χ1v) is 8.19. The molecular weight excluding hydrogens is 326 g/mol. The van der Waals surface area contributed by atoms with Gasteiger partial charge in [-0.3, -0.25) is 4.79 Å². The number of ether oxygens (including phenoxy) is 1. The van der Waals surface area contributed by atoms with Gasteiger partial charge in [0.2, 0.25) is 0 Å². The van der Waals surface area contributed by atoms with E-state index in [1.165, 1.54) is 0 Å². The summed E-state index contributed by atoms with van der Waals surface area (Å²) in [5, 5.41) is 10.2. The number of likely N-dealkylation sites (N-methyl/N-ethyl adjacent to an activating group) is 1. The van der Waals surface area contributed by atoms with Crippen molar-refractivity contribution in [3.8, 4) is 5.75 Å². The molecule has 24 heavy (non-hydrogen) atoms. The Morgan fingerprint density at radius 3 is 2.54 bits per heavy atom. The summed E-state index contributed by atoms with van der Waals surface area (Å²) < 4.78 is 5.83. The Hall–Kier alpha value is -2.04. The molecule has 0 amide bonds. The van der Waals surface area contributed by atoms with Crippen LogP contribution in [0, 0.1) is 0 Å². The van der Waals surface area contributed by atoms with E-state index in [1.54, 1.807) is 18.2 Å². The van der Waals surface area contributed by atoms with Crippen molar-refractivity contribution in [3.63, 3.8) is 0 Å². The van der Waals surface area contributed by atoms with Gasteiger partial charge in [-0.25, -0.2) is 0 Å². The van der Waals surface area contributed by atoms with Crippen LogP contribution in [0.25, 0.3) is 0 Å². The van der Waals surface area contributed by atoms with Crippen LogP contribution in [-0.4, -0.2) is 43.2 Å². The Labute approximate surface area is 147 Å². The first kappa shape index (κ1) is 18.3. The van der Waals surface area contributed by atoms with Crippen LogP contribution in [0.1, 0.15) is 17.0 Å². The lowest BCUT2D eigenvalue weighted by Gasteiger charge is -2.17. The number of rotatable bonds is 8. The van der Waals surface area contributed by atoms with E-state index < -0.39 is 11.9 Å². The quantitative estimate of drug-likeness (QED) is 0.791. The summed E-state index contributed by atoms with van der Waals surface area (Å²) in [6.45, 7) is 1.31. The Morgan fingerprint density at radius 2 is 1.92 bits per heavy atom. The van der Waals surface area contributed by atoms with Crippen LogP contribution in [0.3, 0.4) is 0 Å². The molecule has 0 aliphatic rings. The summed E-state index contributed by atoms with van der Waals surface area (Å²) in [7, 11) is 3.95. The zero-order valence-corrected chi connectivity index (χ0v) is 14.7. The van der Waals surface area contributed by atoms with Crippen LogP contribution in [0.4, 0.5) is 0 Å². The van der Waals surface area contributed by atoms with E-state index in [1.807, 2.05) is 49.3 Å². The largest absolute Gasteiger partial charge is 0.492 e. The molecule has 0 spiro atoms. The van der Waals surface area contributed by atoms with E-state index in [2.05, 4.69) is 0 Å². The van der Waals surface area contributed by atoms with Crippen molar-refractivity contribution in [1.29, 1.82) is 0 Å². The maximum Gasteiger partial charge on any atom is 0.311 e. The van der Waals surface area contributed by atoms with Crippen molar-refractivity contribution >= 4 is 17.6 Å². The molecule has 128 valence electrons. The van der Waals surface area contributed by atoms with E-state index in [9.17, 15) is 9.90 Å². The van der Waals surface area contributed by atoms with Gasteiger partial charge in [-0.1, -0.05) is 41.9 Å². The molecule has 2 rings (SSSR count). The van der Waals surface area contributed by atoms with Crippen molar-refractivity contribution in [1.82, 2.24) is 4.90 Å². The van der Waals surface area contributed by atoms with Gasteiger partial charge in [-0.05, 0) is 49.8 Å². The molecule has 5 heteroatoms. The number of nitrogens with zero attached hydrogens (tertiary/aromatic N) is 1. The third-order valence-corrected chi connectivity index (χ3v) is 3.98. The molecular formula is C19H22ClNO3. The van der Waals surface area contributed by atoms with Crippen LogP contribution >= 0.6 is 11.6 Å². The summed E-state index contributed by atoms with van der Waals surface area (Å²) in [6.07, 6.45) is 0.331. The molecule has 4 nitrogen and oxygen atoms in total. The van der Waals surface area contributed by atoms with Gasteiger partial charge in [0.25, 0.3) is 0 Å². The lowest BCUT2D eigenvalue weighted by Crippen LogP contribution is -2.20. The molecule has 1 atom stereocenters. The maximum absolute atomic E-state index is 11.7. The van der Waals surface area contributed by atoms with Gasteiger partial charge in [-0.2, -0.15) is 0 Å². The molecule has 2 aromatic carbocycles. The van der Waals surface area contributed by atoms with E-state index in [-0.39, 0.29) is 0 Å². The standard InChI is InChI=1S/C19H22ClNO3/c1-21(2)10-11-24-18-9-8-16(20)12-15(18)13-17(19(22)23)14-6-4-3-5-7-14/h3-9,12,17H,10-11,13H2,1-2H3,(H,22,23). The lowest BCUT2D eigenvalue weighted by atomic mass is 9.92. The molecule has 1 unspecified atom stereocenters.